The molecule has 1 atom stereocenters. The van der Waals surface area contributed by atoms with Crippen molar-refractivity contribution < 1.29 is 14.3 Å². The van der Waals surface area contributed by atoms with Gasteiger partial charge in [0.25, 0.3) is 0 Å². The first-order valence-corrected chi connectivity index (χ1v) is 13.6. The SMILES string of the molecule is O=C([C@@H]1CCOC1)N1CCN(c2cncc(Cc3ccc(-c4ccc(N5CCCC5=O)cc4)cn3)c2)CC1. The third-order valence-electron chi connectivity index (χ3n) is 7.81. The Hall–Kier alpha value is -3.78. The summed E-state index contributed by atoms with van der Waals surface area (Å²) in [6.07, 6.45) is 8.83. The van der Waals surface area contributed by atoms with Crippen LogP contribution in [0.15, 0.2) is 61.1 Å². The minimum atomic E-state index is 0.0328. The van der Waals surface area contributed by atoms with Crippen LogP contribution in [0.1, 0.15) is 30.5 Å². The van der Waals surface area contributed by atoms with Gasteiger partial charge in [0, 0.05) is 81.5 Å². The maximum Gasteiger partial charge on any atom is 0.228 e. The number of pyridine rings is 2. The number of hydrogen-bond acceptors (Lipinski definition) is 6. The fourth-order valence-electron chi connectivity index (χ4n) is 5.58. The molecule has 3 aliphatic heterocycles. The van der Waals surface area contributed by atoms with Gasteiger partial charge in [-0.15, -0.1) is 0 Å². The van der Waals surface area contributed by atoms with Gasteiger partial charge in [0.1, 0.15) is 0 Å². The van der Waals surface area contributed by atoms with Gasteiger partial charge in [-0.25, -0.2) is 0 Å². The van der Waals surface area contributed by atoms with E-state index in [9.17, 15) is 9.59 Å². The summed E-state index contributed by atoms with van der Waals surface area (Å²) in [5.74, 6) is 0.473. The van der Waals surface area contributed by atoms with E-state index in [1.54, 1.807) is 0 Å². The van der Waals surface area contributed by atoms with Crippen molar-refractivity contribution >= 4 is 23.2 Å². The molecule has 3 fully saturated rings. The van der Waals surface area contributed by atoms with Gasteiger partial charge in [0.05, 0.1) is 24.4 Å². The second kappa shape index (κ2) is 10.9. The average Bonchev–Trinajstić information content (AvgIpc) is 3.66. The van der Waals surface area contributed by atoms with E-state index < -0.39 is 0 Å². The van der Waals surface area contributed by atoms with Crippen molar-refractivity contribution in [3.05, 3.63) is 72.3 Å². The van der Waals surface area contributed by atoms with E-state index in [1.807, 2.05) is 40.5 Å². The zero-order valence-corrected chi connectivity index (χ0v) is 21.6. The predicted molar refractivity (Wildman–Crippen MR) is 146 cm³/mol. The summed E-state index contributed by atoms with van der Waals surface area (Å²) >= 11 is 0. The van der Waals surface area contributed by atoms with Crippen molar-refractivity contribution in [2.75, 3.05) is 55.7 Å². The molecule has 38 heavy (non-hydrogen) atoms. The minimum absolute atomic E-state index is 0.0328. The Bertz CT molecular complexity index is 1280. The van der Waals surface area contributed by atoms with E-state index in [1.165, 1.54) is 0 Å². The second-order valence-corrected chi connectivity index (χ2v) is 10.3. The number of amides is 2. The zero-order valence-electron chi connectivity index (χ0n) is 21.6. The number of carbonyl (C=O) groups is 2. The number of hydrogen-bond donors (Lipinski definition) is 0. The number of anilines is 2. The maximum absolute atomic E-state index is 12.7. The lowest BCUT2D eigenvalue weighted by atomic mass is 10.1. The summed E-state index contributed by atoms with van der Waals surface area (Å²) in [4.78, 5) is 40.0. The lowest BCUT2D eigenvalue weighted by Gasteiger charge is -2.37. The van der Waals surface area contributed by atoms with Gasteiger partial charge in [-0.1, -0.05) is 18.2 Å². The molecule has 8 nitrogen and oxygen atoms in total. The van der Waals surface area contributed by atoms with Crippen molar-refractivity contribution in [2.24, 2.45) is 5.92 Å². The van der Waals surface area contributed by atoms with Crippen LogP contribution in [0.25, 0.3) is 11.1 Å². The molecule has 2 aromatic heterocycles. The Morgan fingerprint density at radius 3 is 2.42 bits per heavy atom. The molecule has 0 bridgehead atoms. The fraction of sp³-hybridized carbons (Fsp3) is 0.400. The van der Waals surface area contributed by atoms with Gasteiger partial charge in [0.15, 0.2) is 0 Å². The van der Waals surface area contributed by atoms with Crippen LogP contribution in [0.4, 0.5) is 11.4 Å². The molecule has 8 heteroatoms. The molecule has 5 heterocycles. The molecular weight excluding hydrogens is 478 g/mol. The number of piperazine rings is 1. The lowest BCUT2D eigenvalue weighted by Crippen LogP contribution is -2.50. The molecule has 0 saturated carbocycles. The number of ether oxygens (including phenoxy) is 1. The summed E-state index contributed by atoms with van der Waals surface area (Å²) in [6, 6.07) is 14.5. The lowest BCUT2D eigenvalue weighted by molar-refractivity contribution is -0.135. The molecule has 0 spiro atoms. The van der Waals surface area contributed by atoms with Gasteiger partial charge < -0.3 is 19.4 Å². The molecule has 2 amide bonds. The smallest absolute Gasteiger partial charge is 0.228 e. The van der Waals surface area contributed by atoms with Gasteiger partial charge in [-0.3, -0.25) is 19.6 Å². The first-order valence-electron chi connectivity index (χ1n) is 13.6. The largest absolute Gasteiger partial charge is 0.381 e. The van der Waals surface area contributed by atoms with Gasteiger partial charge in [-0.05, 0) is 48.2 Å². The number of nitrogens with zero attached hydrogens (tertiary/aromatic N) is 5. The van der Waals surface area contributed by atoms with Crippen LogP contribution >= 0.6 is 0 Å². The summed E-state index contributed by atoms with van der Waals surface area (Å²) < 4.78 is 5.39. The number of carbonyl (C=O) groups excluding carboxylic acids is 2. The highest BCUT2D eigenvalue weighted by Crippen LogP contribution is 2.26. The first-order chi connectivity index (χ1) is 18.6. The van der Waals surface area contributed by atoms with Crippen LogP contribution in [-0.4, -0.2) is 72.6 Å². The predicted octanol–water partition coefficient (Wildman–Crippen LogP) is 3.55. The van der Waals surface area contributed by atoms with Crippen molar-refractivity contribution in [1.82, 2.24) is 14.9 Å². The molecule has 0 aliphatic carbocycles. The number of benzene rings is 1. The second-order valence-electron chi connectivity index (χ2n) is 10.3. The standard InChI is InChI=1S/C30H33N5O3/c36-29-2-1-10-35(29)27-7-4-23(5-8-27)24-3-6-26(32-19-24)16-22-17-28(20-31-18-22)33-11-13-34(14-12-33)30(37)25-9-15-38-21-25/h3-8,17-20,25H,1-2,9-16,21H2/t25-/m1/s1. The highest BCUT2D eigenvalue weighted by molar-refractivity contribution is 5.95. The number of rotatable bonds is 6. The average molecular weight is 512 g/mol. The molecule has 6 rings (SSSR count). The summed E-state index contributed by atoms with van der Waals surface area (Å²) in [5, 5.41) is 0. The monoisotopic (exact) mass is 511 g/mol. The van der Waals surface area contributed by atoms with Crippen molar-refractivity contribution in [1.29, 1.82) is 0 Å². The molecule has 3 aliphatic rings. The van der Waals surface area contributed by atoms with E-state index in [2.05, 4.69) is 40.2 Å². The van der Waals surface area contributed by atoms with E-state index in [0.29, 0.717) is 26.1 Å². The molecule has 0 unspecified atom stereocenters. The number of aromatic nitrogens is 2. The quantitative estimate of drug-likeness (QED) is 0.504. The van der Waals surface area contributed by atoms with Crippen LogP contribution < -0.4 is 9.80 Å². The van der Waals surface area contributed by atoms with Gasteiger partial charge >= 0.3 is 0 Å². The minimum Gasteiger partial charge on any atom is -0.381 e. The summed E-state index contributed by atoms with van der Waals surface area (Å²) in [7, 11) is 0. The Balaban J connectivity index is 1.06. The highest BCUT2D eigenvalue weighted by atomic mass is 16.5. The highest BCUT2D eigenvalue weighted by Gasteiger charge is 2.30. The normalized spacial score (nSPS) is 19.8. The third kappa shape index (κ3) is 5.27. The van der Waals surface area contributed by atoms with Crippen molar-refractivity contribution in [2.45, 2.75) is 25.7 Å². The Labute approximate surface area is 223 Å². The summed E-state index contributed by atoms with van der Waals surface area (Å²) in [5.41, 5.74) is 6.29. The molecule has 3 saturated heterocycles. The van der Waals surface area contributed by atoms with E-state index in [0.717, 1.165) is 79.3 Å². The molecule has 3 aromatic rings. The third-order valence-corrected chi connectivity index (χ3v) is 7.81. The first kappa shape index (κ1) is 24.6. The van der Waals surface area contributed by atoms with E-state index in [4.69, 9.17) is 9.72 Å². The molecule has 196 valence electrons. The van der Waals surface area contributed by atoms with Crippen molar-refractivity contribution in [3.63, 3.8) is 0 Å². The summed E-state index contributed by atoms with van der Waals surface area (Å²) in [6.45, 7) is 5.14. The van der Waals surface area contributed by atoms with Crippen LogP contribution in [0, 0.1) is 5.92 Å². The molecule has 0 radical (unpaired) electrons. The van der Waals surface area contributed by atoms with Crippen LogP contribution in [0.2, 0.25) is 0 Å². The molecular formula is C30H33N5O3. The molecule has 1 aromatic carbocycles. The Morgan fingerprint density at radius 2 is 1.74 bits per heavy atom. The topological polar surface area (TPSA) is 78.9 Å². The van der Waals surface area contributed by atoms with Crippen LogP contribution in [0.3, 0.4) is 0 Å². The van der Waals surface area contributed by atoms with Gasteiger partial charge in [-0.2, -0.15) is 0 Å². The van der Waals surface area contributed by atoms with E-state index in [-0.39, 0.29) is 17.7 Å². The van der Waals surface area contributed by atoms with Gasteiger partial charge in [0.2, 0.25) is 11.8 Å². The van der Waals surface area contributed by atoms with Crippen LogP contribution in [0.5, 0.6) is 0 Å². The maximum atomic E-state index is 12.7. The zero-order chi connectivity index (χ0) is 25.9. The van der Waals surface area contributed by atoms with E-state index >= 15 is 0 Å². The Morgan fingerprint density at radius 1 is 0.921 bits per heavy atom. The molecule has 0 N–H and O–H groups in total. The van der Waals surface area contributed by atoms with Crippen LogP contribution in [-0.2, 0) is 20.7 Å². The van der Waals surface area contributed by atoms with Crippen molar-refractivity contribution in [3.8, 4) is 11.1 Å². The fourth-order valence-corrected chi connectivity index (χ4v) is 5.58. The Kier molecular flexibility index (Phi) is 7.05.